The van der Waals surface area contributed by atoms with E-state index in [4.69, 9.17) is 5.11 Å². The molecule has 0 saturated carbocycles. The van der Waals surface area contributed by atoms with Crippen molar-refractivity contribution in [2.75, 3.05) is 19.6 Å². The molecule has 1 atom stereocenters. The van der Waals surface area contributed by atoms with E-state index in [9.17, 15) is 9.59 Å². The van der Waals surface area contributed by atoms with Crippen LogP contribution in [0.1, 0.15) is 27.7 Å². The number of nitrogens with one attached hydrogen (secondary N) is 1. The second-order valence-corrected chi connectivity index (χ2v) is 5.25. The van der Waals surface area contributed by atoms with E-state index >= 15 is 0 Å². The van der Waals surface area contributed by atoms with Crippen molar-refractivity contribution >= 4 is 11.9 Å². The van der Waals surface area contributed by atoms with E-state index in [2.05, 4.69) is 5.32 Å². The van der Waals surface area contributed by atoms with E-state index in [0.717, 1.165) is 6.54 Å². The highest BCUT2D eigenvalue weighted by molar-refractivity contribution is 5.86. The molecule has 0 aliphatic carbocycles. The predicted octanol–water partition coefficient (Wildman–Crippen LogP) is 0.554. The molecule has 1 aliphatic heterocycles. The number of hydrogen-bond acceptors (Lipinski definition) is 3. The van der Waals surface area contributed by atoms with Crippen LogP contribution in [-0.4, -0.2) is 47.1 Å². The Morgan fingerprint density at radius 2 is 2.00 bits per heavy atom. The molecule has 1 fully saturated rings. The predicted molar refractivity (Wildman–Crippen MR) is 64.6 cm³/mol. The quantitative estimate of drug-likeness (QED) is 0.739. The highest BCUT2D eigenvalue weighted by atomic mass is 16.4. The second-order valence-electron chi connectivity index (χ2n) is 5.25. The maximum Gasteiger partial charge on any atom is 0.306 e. The maximum absolute atomic E-state index is 12.1. The number of nitrogens with zero attached hydrogens (tertiary/aromatic N) is 1. The fourth-order valence-electron chi connectivity index (χ4n) is 2.11. The first-order chi connectivity index (χ1) is 7.79. The Balaban J connectivity index is 2.47. The minimum atomic E-state index is -0.784. The van der Waals surface area contributed by atoms with Crippen LogP contribution in [0.5, 0.6) is 0 Å². The number of aliphatic carboxylic acids is 1. The molecule has 0 aromatic carbocycles. The average molecular weight is 242 g/mol. The van der Waals surface area contributed by atoms with Gasteiger partial charge < -0.3 is 15.3 Å². The van der Waals surface area contributed by atoms with E-state index in [1.165, 1.54) is 0 Å². The van der Waals surface area contributed by atoms with E-state index in [1.54, 1.807) is 11.8 Å². The zero-order chi connectivity index (χ0) is 13.2. The third-order valence-corrected chi connectivity index (χ3v) is 3.45. The van der Waals surface area contributed by atoms with Gasteiger partial charge in [-0.05, 0) is 20.4 Å². The molecule has 5 heteroatoms. The molecular formula is C12H22N2O3. The maximum atomic E-state index is 12.1. The normalized spacial score (nSPS) is 18.7. The lowest BCUT2D eigenvalue weighted by molar-refractivity contribution is -0.153. The van der Waals surface area contributed by atoms with Gasteiger partial charge in [0, 0.05) is 19.0 Å². The van der Waals surface area contributed by atoms with Crippen LogP contribution in [0.4, 0.5) is 0 Å². The van der Waals surface area contributed by atoms with Crippen LogP contribution in [0.15, 0.2) is 0 Å². The molecule has 0 aromatic heterocycles. The first-order valence-electron chi connectivity index (χ1n) is 6.06. The minimum absolute atomic E-state index is 0.0492. The fraction of sp³-hybridized carbons (Fsp3) is 0.833. The Bertz CT molecular complexity index is 309. The number of carboxylic acids is 1. The minimum Gasteiger partial charge on any atom is -0.481 e. The van der Waals surface area contributed by atoms with Gasteiger partial charge in [0.2, 0.25) is 5.91 Å². The van der Waals surface area contributed by atoms with E-state index < -0.39 is 11.5 Å². The van der Waals surface area contributed by atoms with Crippen molar-refractivity contribution in [3.8, 4) is 0 Å². The summed E-state index contributed by atoms with van der Waals surface area (Å²) in [5.74, 6) is -1.02. The largest absolute Gasteiger partial charge is 0.481 e. The molecule has 0 bridgehead atoms. The molecule has 2 N–H and O–H groups in total. The number of likely N-dealkylation sites (N-methyl/N-ethyl adjacent to an activating group) is 1. The Hall–Kier alpha value is -1.10. The van der Waals surface area contributed by atoms with Crippen molar-refractivity contribution in [3.05, 3.63) is 0 Å². The summed E-state index contributed by atoms with van der Waals surface area (Å²) in [6.07, 6.45) is 0. The molecule has 0 aromatic rings. The first kappa shape index (κ1) is 14.0. The summed E-state index contributed by atoms with van der Waals surface area (Å²) in [7, 11) is 0. The lowest BCUT2D eigenvalue weighted by atomic mass is 9.85. The molecule has 5 nitrogen and oxygen atoms in total. The summed E-state index contributed by atoms with van der Waals surface area (Å²) in [6.45, 7) is 9.22. The Kier molecular flexibility index (Phi) is 4.14. The number of amides is 1. The van der Waals surface area contributed by atoms with E-state index in [-0.39, 0.29) is 17.7 Å². The van der Waals surface area contributed by atoms with Crippen molar-refractivity contribution in [1.29, 1.82) is 0 Å². The van der Waals surface area contributed by atoms with Gasteiger partial charge in [-0.25, -0.2) is 0 Å². The highest BCUT2D eigenvalue weighted by Crippen LogP contribution is 2.26. The van der Waals surface area contributed by atoms with Crippen LogP contribution in [0, 0.1) is 11.8 Å². The third kappa shape index (κ3) is 2.97. The first-order valence-corrected chi connectivity index (χ1v) is 6.06. The van der Waals surface area contributed by atoms with Gasteiger partial charge in [-0.15, -0.1) is 0 Å². The monoisotopic (exact) mass is 242 g/mol. The van der Waals surface area contributed by atoms with E-state index in [0.29, 0.717) is 13.1 Å². The molecule has 98 valence electrons. The summed E-state index contributed by atoms with van der Waals surface area (Å²) in [6, 6.07) is 0. The van der Waals surface area contributed by atoms with Crippen LogP contribution < -0.4 is 5.32 Å². The van der Waals surface area contributed by atoms with Crippen molar-refractivity contribution in [1.82, 2.24) is 10.2 Å². The Morgan fingerprint density at radius 3 is 2.41 bits per heavy atom. The van der Waals surface area contributed by atoms with Crippen molar-refractivity contribution in [3.63, 3.8) is 0 Å². The van der Waals surface area contributed by atoms with Crippen molar-refractivity contribution in [2.45, 2.75) is 33.2 Å². The van der Waals surface area contributed by atoms with Crippen LogP contribution in [0.2, 0.25) is 0 Å². The van der Waals surface area contributed by atoms with Gasteiger partial charge in [-0.2, -0.15) is 0 Å². The fourth-order valence-corrected chi connectivity index (χ4v) is 2.11. The topological polar surface area (TPSA) is 69.6 Å². The summed E-state index contributed by atoms with van der Waals surface area (Å²) < 4.78 is 0. The lowest BCUT2D eigenvalue weighted by Gasteiger charge is -2.44. The zero-order valence-corrected chi connectivity index (χ0v) is 11.0. The molecule has 0 radical (unpaired) electrons. The Labute approximate surface area is 102 Å². The molecule has 0 spiro atoms. The van der Waals surface area contributed by atoms with Gasteiger partial charge in [0.05, 0.1) is 11.5 Å². The number of carbonyl (C=O) groups excluding carboxylic acids is 1. The smallest absolute Gasteiger partial charge is 0.306 e. The SMILES string of the molecule is CCNC(C)(C)C(=O)N1CC(C(C)C(=O)O)C1. The summed E-state index contributed by atoms with van der Waals surface area (Å²) >= 11 is 0. The number of carboxylic acid groups (broad SMARTS) is 1. The van der Waals surface area contributed by atoms with Crippen molar-refractivity contribution < 1.29 is 14.7 Å². The van der Waals surface area contributed by atoms with Crippen LogP contribution >= 0.6 is 0 Å². The average Bonchev–Trinajstić information content (AvgIpc) is 2.14. The van der Waals surface area contributed by atoms with Gasteiger partial charge in [-0.3, -0.25) is 9.59 Å². The molecule has 17 heavy (non-hydrogen) atoms. The van der Waals surface area contributed by atoms with Crippen LogP contribution in [-0.2, 0) is 9.59 Å². The van der Waals surface area contributed by atoms with E-state index in [1.807, 2.05) is 20.8 Å². The summed E-state index contributed by atoms with van der Waals surface area (Å²) in [5, 5.41) is 12.0. The molecule has 1 aliphatic rings. The van der Waals surface area contributed by atoms with Gasteiger partial charge in [0.25, 0.3) is 0 Å². The molecular weight excluding hydrogens is 220 g/mol. The van der Waals surface area contributed by atoms with Gasteiger partial charge in [-0.1, -0.05) is 13.8 Å². The van der Waals surface area contributed by atoms with Crippen LogP contribution in [0.3, 0.4) is 0 Å². The standard InChI is InChI=1S/C12H22N2O3/c1-5-13-12(3,4)11(17)14-6-9(7-14)8(2)10(15)16/h8-9,13H,5-7H2,1-4H3,(H,15,16). The van der Waals surface area contributed by atoms with Crippen molar-refractivity contribution in [2.24, 2.45) is 11.8 Å². The van der Waals surface area contributed by atoms with Gasteiger partial charge in [0.15, 0.2) is 0 Å². The van der Waals surface area contributed by atoms with Gasteiger partial charge >= 0.3 is 5.97 Å². The zero-order valence-electron chi connectivity index (χ0n) is 11.0. The number of rotatable bonds is 5. The number of hydrogen-bond donors (Lipinski definition) is 2. The molecule has 1 heterocycles. The summed E-state index contributed by atoms with van der Waals surface area (Å²) in [4.78, 5) is 24.6. The molecule has 1 unspecified atom stereocenters. The molecule has 1 amide bonds. The summed E-state index contributed by atoms with van der Waals surface area (Å²) in [5.41, 5.74) is -0.563. The van der Waals surface area contributed by atoms with Gasteiger partial charge in [0.1, 0.15) is 0 Å². The number of carbonyl (C=O) groups is 2. The molecule has 1 saturated heterocycles. The molecule has 1 rings (SSSR count). The Morgan fingerprint density at radius 1 is 1.47 bits per heavy atom. The lowest BCUT2D eigenvalue weighted by Crippen LogP contribution is -2.62. The highest BCUT2D eigenvalue weighted by Gasteiger charge is 2.41. The third-order valence-electron chi connectivity index (χ3n) is 3.45. The second kappa shape index (κ2) is 5.04. The number of likely N-dealkylation sites (tertiary alicyclic amines) is 1. The van der Waals surface area contributed by atoms with Crippen LogP contribution in [0.25, 0.3) is 0 Å².